The summed E-state index contributed by atoms with van der Waals surface area (Å²) in [5.41, 5.74) is 6.71. The molecule has 1 saturated heterocycles. The van der Waals surface area contributed by atoms with E-state index in [0.717, 1.165) is 5.56 Å². The maximum Gasteiger partial charge on any atom is 0.0267 e. The van der Waals surface area contributed by atoms with Crippen molar-refractivity contribution >= 4 is 29.7 Å². The van der Waals surface area contributed by atoms with Gasteiger partial charge >= 0.3 is 73.4 Å². The number of benzene rings is 2. The molecule has 36 heavy (non-hydrogen) atoms. The molecule has 0 aliphatic carbocycles. The maximum atomic E-state index is 5.67. The Morgan fingerprint density at radius 2 is 1.28 bits per heavy atom. The third kappa shape index (κ3) is 12.5. The van der Waals surface area contributed by atoms with Gasteiger partial charge in [0, 0.05) is 30.5 Å². The predicted octanol–water partition coefficient (Wildman–Crippen LogP) is 8.30. The zero-order chi connectivity index (χ0) is 26.0. The fraction of sp³-hybridized carbons (Fsp3) is 0.200. The number of anilines is 1. The van der Waals surface area contributed by atoms with Crippen molar-refractivity contribution in [1.82, 2.24) is 9.97 Å². The standard InChI is InChI=1S/C13H18N.C7H6.2C5H5N.2ClH.Ru/c1-10-8-11(2)13(12(3)9-10)14-6-4-5-7-14;1-7-5-3-2-4-6-7;2*1-2-4-6-5-3-1;;;/h6,8-9H,4-5,7H2,1-3H3;1-6H;2*1-5H;2*1H;/q-1;;;;;;+2/p-2. The summed E-state index contributed by atoms with van der Waals surface area (Å²) in [6.45, 7) is 10.1. The molecule has 4 aromatic rings. The van der Waals surface area contributed by atoms with Gasteiger partial charge in [0.15, 0.2) is 0 Å². The fourth-order valence-corrected chi connectivity index (χ4v) is 5.49. The van der Waals surface area contributed by atoms with Crippen LogP contribution in [0.15, 0.2) is 104 Å². The average molecular weight is 609 g/mol. The molecule has 0 unspecified atom stereocenters. The van der Waals surface area contributed by atoms with Gasteiger partial charge < -0.3 is 4.90 Å². The van der Waals surface area contributed by atoms with Crippen molar-refractivity contribution in [2.45, 2.75) is 33.6 Å². The van der Waals surface area contributed by atoms with E-state index in [4.69, 9.17) is 19.4 Å². The molecule has 0 N–H and O–H groups in total. The van der Waals surface area contributed by atoms with Crippen LogP contribution in [-0.2, 0) is 13.5 Å². The van der Waals surface area contributed by atoms with Gasteiger partial charge in [0.1, 0.15) is 0 Å². The first-order chi connectivity index (χ1) is 17.5. The van der Waals surface area contributed by atoms with E-state index in [2.05, 4.69) is 54.3 Å². The molecule has 0 bridgehead atoms. The van der Waals surface area contributed by atoms with Crippen LogP contribution >= 0.6 is 19.4 Å². The number of nitrogens with zero attached hydrogens (tertiary/aromatic N) is 3. The molecule has 1 fully saturated rings. The molecule has 1 aliphatic rings. The van der Waals surface area contributed by atoms with Crippen LogP contribution in [-0.4, -0.2) is 21.1 Å². The first-order valence-corrected chi connectivity index (χ1v) is 17.2. The number of rotatable bonds is 2. The third-order valence-electron chi connectivity index (χ3n) is 5.00. The van der Waals surface area contributed by atoms with Crippen LogP contribution in [0.25, 0.3) is 0 Å². The Hall–Kier alpha value is -2.39. The summed E-state index contributed by atoms with van der Waals surface area (Å²) in [5, 5.41) is 0. The zero-order valence-electron chi connectivity index (χ0n) is 21.0. The summed E-state index contributed by atoms with van der Waals surface area (Å²) < 4.78 is 1.92. The second-order valence-electron chi connectivity index (χ2n) is 8.03. The minimum Gasteiger partial charge on any atom is -0.265 e. The summed E-state index contributed by atoms with van der Waals surface area (Å²) in [4.78, 5) is 9.98. The van der Waals surface area contributed by atoms with Crippen molar-refractivity contribution in [3.63, 3.8) is 0 Å². The van der Waals surface area contributed by atoms with Crippen LogP contribution in [0.1, 0.15) is 35.1 Å². The smallest absolute Gasteiger partial charge is 0.0267 e. The first-order valence-electron chi connectivity index (χ1n) is 11.7. The monoisotopic (exact) mass is 608 g/mol. The minimum absolute atomic E-state index is 1.12. The van der Waals surface area contributed by atoms with E-state index in [1.165, 1.54) is 41.8 Å². The van der Waals surface area contributed by atoms with Gasteiger partial charge in [0.05, 0.1) is 0 Å². The fourth-order valence-electron chi connectivity index (χ4n) is 3.66. The Kier molecular flexibility index (Phi) is 14.9. The van der Waals surface area contributed by atoms with Crippen molar-refractivity contribution < 1.29 is 13.5 Å². The summed E-state index contributed by atoms with van der Waals surface area (Å²) in [7, 11) is 11.3. The molecule has 1 aliphatic heterocycles. The van der Waals surface area contributed by atoms with Crippen molar-refractivity contribution in [2.75, 3.05) is 11.4 Å². The number of hydrogen-bond donors (Lipinski definition) is 0. The molecule has 3 nitrogen and oxygen atoms in total. The van der Waals surface area contributed by atoms with Crippen LogP contribution in [0.3, 0.4) is 0 Å². The number of hydrogen-bond acceptors (Lipinski definition) is 3. The van der Waals surface area contributed by atoms with Crippen molar-refractivity contribution in [1.29, 1.82) is 0 Å². The summed E-state index contributed by atoms with van der Waals surface area (Å²) in [6.07, 6.45) is 9.53. The molecule has 0 atom stereocenters. The summed E-state index contributed by atoms with van der Waals surface area (Å²) >= 11 is -1.61. The second-order valence-corrected chi connectivity index (χ2v) is 13.8. The summed E-state index contributed by atoms with van der Waals surface area (Å²) in [6, 6.07) is 25.9. The van der Waals surface area contributed by atoms with Crippen molar-refractivity contribution in [3.05, 3.63) is 132 Å². The first kappa shape index (κ1) is 29.8. The molecular formula is C30H34Cl2N3Ru-. The second kappa shape index (κ2) is 17.9. The number of aromatic nitrogens is 2. The normalized spacial score (nSPS) is 12.0. The van der Waals surface area contributed by atoms with E-state index in [1.54, 1.807) is 24.8 Å². The van der Waals surface area contributed by atoms with Gasteiger partial charge in [-0.2, -0.15) is 6.42 Å². The van der Waals surface area contributed by atoms with Gasteiger partial charge in [-0.15, -0.1) is 0 Å². The van der Waals surface area contributed by atoms with E-state index in [0.29, 0.717) is 0 Å². The number of aryl methyl sites for hydroxylation is 3. The number of pyridine rings is 2. The van der Waals surface area contributed by atoms with E-state index < -0.39 is 13.5 Å². The molecule has 2 aromatic carbocycles. The van der Waals surface area contributed by atoms with Crippen molar-refractivity contribution in [2.24, 2.45) is 0 Å². The van der Waals surface area contributed by atoms with Gasteiger partial charge in [-0.25, -0.2) is 6.54 Å². The van der Waals surface area contributed by atoms with Crippen LogP contribution in [0.5, 0.6) is 0 Å². The zero-order valence-corrected chi connectivity index (χ0v) is 24.3. The SMILES string of the molecule is Cc1cc(C)c(N2[CH-]CCC2)c(C)c1.[Cl][Ru]([Cl])=[CH]c1ccccc1.c1ccncc1.c1ccncc1. The number of halogens is 2. The molecule has 6 heteroatoms. The molecule has 0 saturated carbocycles. The molecule has 5 rings (SSSR count). The van der Waals surface area contributed by atoms with Crippen LogP contribution < -0.4 is 4.90 Å². The Balaban J connectivity index is 0.000000181. The molecule has 0 amide bonds. The Morgan fingerprint density at radius 3 is 1.64 bits per heavy atom. The van der Waals surface area contributed by atoms with Gasteiger partial charge in [-0.05, 0) is 62.7 Å². The average Bonchev–Trinajstić information content (AvgIpc) is 3.41. The Morgan fingerprint density at radius 1 is 0.778 bits per heavy atom. The third-order valence-corrected chi connectivity index (χ3v) is 6.87. The van der Waals surface area contributed by atoms with Crippen LogP contribution in [0.4, 0.5) is 5.69 Å². The van der Waals surface area contributed by atoms with Gasteiger partial charge in [-0.3, -0.25) is 9.97 Å². The van der Waals surface area contributed by atoms with Gasteiger partial charge in [0.2, 0.25) is 0 Å². The molecule has 0 radical (unpaired) electrons. The van der Waals surface area contributed by atoms with E-state index in [1.807, 2.05) is 71.3 Å². The molecule has 2 aromatic heterocycles. The molecule has 192 valence electrons. The summed E-state index contributed by atoms with van der Waals surface area (Å²) in [5.74, 6) is 0. The quantitative estimate of drug-likeness (QED) is 0.169. The Labute approximate surface area is 229 Å². The van der Waals surface area contributed by atoms with Crippen molar-refractivity contribution in [3.8, 4) is 0 Å². The topological polar surface area (TPSA) is 29.0 Å². The van der Waals surface area contributed by atoms with E-state index in [9.17, 15) is 0 Å². The Bertz CT molecular complexity index is 1020. The van der Waals surface area contributed by atoms with E-state index in [-0.39, 0.29) is 0 Å². The van der Waals surface area contributed by atoms with Crippen LogP contribution in [0, 0.1) is 27.3 Å². The predicted molar refractivity (Wildman–Crippen MR) is 153 cm³/mol. The largest absolute Gasteiger partial charge is 0.265 e. The van der Waals surface area contributed by atoms with E-state index >= 15 is 0 Å². The van der Waals surface area contributed by atoms with Gasteiger partial charge in [0.25, 0.3) is 0 Å². The molecular weight excluding hydrogens is 574 g/mol. The van der Waals surface area contributed by atoms with Crippen LogP contribution in [0.2, 0.25) is 0 Å². The minimum atomic E-state index is -1.61. The van der Waals surface area contributed by atoms with Gasteiger partial charge in [-0.1, -0.05) is 36.2 Å². The molecule has 0 spiro atoms. The maximum absolute atomic E-state index is 5.67. The molecule has 3 heterocycles.